The van der Waals surface area contributed by atoms with Gasteiger partial charge < -0.3 is 9.80 Å². The van der Waals surface area contributed by atoms with Gasteiger partial charge in [-0.15, -0.1) is 10.2 Å². The van der Waals surface area contributed by atoms with Crippen LogP contribution in [0.15, 0.2) is 24.4 Å². The molecular formula is C21H21F3N6S. The number of anilines is 2. The van der Waals surface area contributed by atoms with Gasteiger partial charge in [0.2, 0.25) is 10.1 Å². The molecule has 31 heavy (non-hydrogen) atoms. The van der Waals surface area contributed by atoms with Gasteiger partial charge in [-0.25, -0.2) is 0 Å². The lowest BCUT2D eigenvalue weighted by molar-refractivity contribution is -0.138. The predicted octanol–water partition coefficient (Wildman–Crippen LogP) is 4.82. The van der Waals surface area contributed by atoms with E-state index >= 15 is 0 Å². The minimum Gasteiger partial charge on any atom is -0.368 e. The van der Waals surface area contributed by atoms with Crippen molar-refractivity contribution in [3.05, 3.63) is 40.5 Å². The van der Waals surface area contributed by atoms with Crippen molar-refractivity contribution in [2.24, 2.45) is 0 Å². The molecule has 1 aliphatic rings. The fourth-order valence-electron chi connectivity index (χ4n) is 3.77. The minimum absolute atomic E-state index is 0.274. The van der Waals surface area contributed by atoms with Crippen LogP contribution in [0, 0.1) is 11.3 Å². The first-order valence-corrected chi connectivity index (χ1v) is 10.8. The highest BCUT2D eigenvalue weighted by Crippen LogP contribution is 2.36. The topological polar surface area (TPSA) is 68.9 Å². The molecule has 1 aliphatic heterocycles. The van der Waals surface area contributed by atoms with Crippen molar-refractivity contribution in [2.45, 2.75) is 32.4 Å². The van der Waals surface area contributed by atoms with Crippen LogP contribution in [-0.4, -0.2) is 41.4 Å². The Hall–Kier alpha value is -2.93. The lowest BCUT2D eigenvalue weighted by Crippen LogP contribution is -2.31. The lowest BCUT2D eigenvalue weighted by Gasteiger charge is -2.26. The monoisotopic (exact) mass is 446 g/mol. The zero-order chi connectivity index (χ0) is 22.2. The van der Waals surface area contributed by atoms with E-state index in [1.165, 1.54) is 0 Å². The zero-order valence-corrected chi connectivity index (χ0v) is 18.0. The molecule has 1 aromatic carbocycles. The normalized spacial score (nSPS) is 15.4. The van der Waals surface area contributed by atoms with Gasteiger partial charge in [-0.1, -0.05) is 31.3 Å². The fraction of sp³-hybridized carbons (Fsp3) is 0.429. The summed E-state index contributed by atoms with van der Waals surface area (Å²) in [5.41, 5.74) is 3.32. The van der Waals surface area contributed by atoms with Gasteiger partial charge in [0.1, 0.15) is 6.07 Å². The number of aromatic nitrogens is 3. The fourth-order valence-corrected chi connectivity index (χ4v) is 4.53. The van der Waals surface area contributed by atoms with Gasteiger partial charge in [0.25, 0.3) is 0 Å². The number of hydrogen-bond donors (Lipinski definition) is 0. The summed E-state index contributed by atoms with van der Waals surface area (Å²) in [4.78, 5) is 8.41. The van der Waals surface area contributed by atoms with Crippen LogP contribution in [0.1, 0.15) is 42.3 Å². The molecule has 2 aromatic heterocycles. The first kappa shape index (κ1) is 21.3. The minimum atomic E-state index is -4.49. The number of pyridine rings is 1. The quantitative estimate of drug-likeness (QED) is 0.575. The average molecular weight is 447 g/mol. The number of alkyl halides is 3. The third-order valence-corrected chi connectivity index (χ3v) is 6.42. The van der Waals surface area contributed by atoms with Crippen LogP contribution in [0.3, 0.4) is 0 Å². The second-order valence-corrected chi connectivity index (χ2v) is 8.73. The molecular weight excluding hydrogens is 425 g/mol. The molecule has 0 radical (unpaired) electrons. The van der Waals surface area contributed by atoms with Crippen molar-refractivity contribution in [3.63, 3.8) is 0 Å². The van der Waals surface area contributed by atoms with Gasteiger partial charge in [0.15, 0.2) is 0 Å². The van der Waals surface area contributed by atoms with Crippen LogP contribution in [0.5, 0.6) is 0 Å². The Kier molecular flexibility index (Phi) is 5.71. The van der Waals surface area contributed by atoms with E-state index in [9.17, 15) is 18.4 Å². The van der Waals surface area contributed by atoms with Crippen molar-refractivity contribution in [1.82, 2.24) is 15.2 Å². The molecule has 4 rings (SSSR count). The van der Waals surface area contributed by atoms with Crippen LogP contribution in [-0.2, 0) is 6.18 Å². The summed E-state index contributed by atoms with van der Waals surface area (Å²) in [6.07, 6.45) is -2.17. The Morgan fingerprint density at radius 2 is 1.84 bits per heavy atom. The summed E-state index contributed by atoms with van der Waals surface area (Å²) in [7, 11) is 0. The number of nitriles is 1. The number of halogens is 3. The first-order valence-electron chi connectivity index (χ1n) is 10.0. The first-order chi connectivity index (χ1) is 14.8. The maximum atomic E-state index is 12.9. The Morgan fingerprint density at radius 3 is 2.52 bits per heavy atom. The van der Waals surface area contributed by atoms with Gasteiger partial charge in [-0.3, -0.25) is 4.98 Å². The van der Waals surface area contributed by atoms with Crippen LogP contribution in [0.4, 0.5) is 24.0 Å². The lowest BCUT2D eigenvalue weighted by atomic mass is 9.99. The summed E-state index contributed by atoms with van der Waals surface area (Å²) in [6.45, 7) is 6.53. The summed E-state index contributed by atoms with van der Waals surface area (Å²) < 4.78 is 38.7. The SMILES string of the molecule is CC(C)c1ccc2ncc(C#N)c(N3CCCN(c4nnc(C(F)(F)F)s4)CC3)c2c1. The van der Waals surface area contributed by atoms with Crippen LogP contribution in [0.25, 0.3) is 10.9 Å². The van der Waals surface area contributed by atoms with Crippen LogP contribution < -0.4 is 9.80 Å². The highest BCUT2D eigenvalue weighted by molar-refractivity contribution is 7.15. The summed E-state index contributed by atoms with van der Waals surface area (Å²) in [6, 6.07) is 8.36. The van der Waals surface area contributed by atoms with E-state index in [1.807, 2.05) is 17.0 Å². The second kappa shape index (κ2) is 8.30. The second-order valence-electron chi connectivity index (χ2n) is 7.78. The summed E-state index contributed by atoms with van der Waals surface area (Å²) >= 11 is 0.566. The average Bonchev–Trinajstić information content (AvgIpc) is 3.12. The maximum Gasteiger partial charge on any atom is 0.445 e. The van der Waals surface area contributed by atoms with Crippen molar-refractivity contribution < 1.29 is 13.2 Å². The van der Waals surface area contributed by atoms with Crippen molar-refractivity contribution in [1.29, 1.82) is 5.26 Å². The summed E-state index contributed by atoms with van der Waals surface area (Å²) in [5, 5.41) is 17.0. The number of rotatable bonds is 3. The number of nitrogens with zero attached hydrogens (tertiary/aromatic N) is 6. The molecule has 3 aromatic rings. The summed E-state index contributed by atoms with van der Waals surface area (Å²) in [5.74, 6) is 0.336. The van der Waals surface area contributed by atoms with Crippen molar-refractivity contribution in [3.8, 4) is 6.07 Å². The van der Waals surface area contributed by atoms with Crippen molar-refractivity contribution >= 4 is 33.1 Å². The predicted molar refractivity (Wildman–Crippen MR) is 115 cm³/mol. The van der Waals surface area contributed by atoms with E-state index in [4.69, 9.17) is 0 Å². The molecule has 0 atom stereocenters. The Balaban J connectivity index is 1.65. The maximum absolute atomic E-state index is 12.9. The Bertz CT molecular complexity index is 1130. The molecule has 0 bridgehead atoms. The molecule has 1 saturated heterocycles. The molecule has 0 unspecified atom stereocenters. The van der Waals surface area contributed by atoms with E-state index in [2.05, 4.69) is 46.1 Å². The van der Waals surface area contributed by atoms with Gasteiger partial charge in [0.05, 0.1) is 16.8 Å². The molecule has 0 aliphatic carbocycles. The third-order valence-electron chi connectivity index (χ3n) is 5.39. The van der Waals surface area contributed by atoms with Gasteiger partial charge in [-0.2, -0.15) is 18.4 Å². The standard InChI is InChI=1S/C21H21F3N6S/c1-13(2)14-4-5-17-16(10-14)18(15(11-25)12-26-17)29-6-3-7-30(9-8-29)20-28-27-19(31-20)21(22,23)24/h4-5,10,12-13H,3,6-9H2,1-2H3. The molecule has 3 heterocycles. The van der Waals surface area contributed by atoms with Gasteiger partial charge >= 0.3 is 6.18 Å². The molecule has 0 spiro atoms. The molecule has 0 N–H and O–H groups in total. The third kappa shape index (κ3) is 4.28. The Morgan fingerprint density at radius 1 is 1.10 bits per heavy atom. The van der Waals surface area contributed by atoms with E-state index in [1.54, 1.807) is 6.20 Å². The van der Waals surface area contributed by atoms with Crippen LogP contribution >= 0.6 is 11.3 Å². The Labute approximate surface area is 181 Å². The van der Waals surface area contributed by atoms with Crippen molar-refractivity contribution in [2.75, 3.05) is 36.0 Å². The molecule has 1 fully saturated rings. The molecule has 162 valence electrons. The number of hydrogen-bond acceptors (Lipinski definition) is 7. The molecule has 10 heteroatoms. The zero-order valence-electron chi connectivity index (χ0n) is 17.1. The largest absolute Gasteiger partial charge is 0.445 e. The molecule has 0 saturated carbocycles. The highest BCUT2D eigenvalue weighted by atomic mass is 32.1. The highest BCUT2D eigenvalue weighted by Gasteiger charge is 2.36. The smallest absolute Gasteiger partial charge is 0.368 e. The van der Waals surface area contributed by atoms with E-state index < -0.39 is 11.2 Å². The van der Waals surface area contributed by atoms with E-state index in [0.717, 1.165) is 28.6 Å². The van der Waals surface area contributed by atoms with Gasteiger partial charge in [-0.05, 0) is 30.0 Å². The molecule has 6 nitrogen and oxygen atoms in total. The van der Waals surface area contributed by atoms with Gasteiger partial charge in [0, 0.05) is 37.8 Å². The molecule has 0 amide bonds. The van der Waals surface area contributed by atoms with E-state index in [-0.39, 0.29) is 5.13 Å². The van der Waals surface area contributed by atoms with Crippen LogP contribution in [0.2, 0.25) is 0 Å². The van der Waals surface area contributed by atoms with E-state index in [0.29, 0.717) is 49.0 Å². The number of fused-ring (bicyclic) bond motifs is 1. The number of benzene rings is 1.